The number of hydrogen-bond acceptors (Lipinski definition) is 4. The number of alkyl carbamates (subject to hydrolysis) is 1. The SMILES string of the molecule is CC(C)(C)OC(=O)N[C@H](Cc1cccc(Cl)c1)C(=O)N1CCN(C(=O)c2cc(F)ccc2C(F)(F)F)CC1. The summed E-state index contributed by atoms with van der Waals surface area (Å²) in [5.41, 5.74) is -2.13. The molecule has 1 N–H and O–H groups in total. The van der Waals surface area contributed by atoms with Crippen LogP contribution in [0.3, 0.4) is 0 Å². The molecular formula is C26H28ClF4N3O4. The van der Waals surface area contributed by atoms with Gasteiger partial charge in [-0.1, -0.05) is 23.7 Å². The summed E-state index contributed by atoms with van der Waals surface area (Å²) in [4.78, 5) is 41.2. The van der Waals surface area contributed by atoms with Gasteiger partial charge in [0, 0.05) is 37.6 Å². The predicted octanol–water partition coefficient (Wildman–Crippen LogP) is 4.92. The van der Waals surface area contributed by atoms with Crippen molar-refractivity contribution >= 4 is 29.5 Å². The molecule has 38 heavy (non-hydrogen) atoms. The molecule has 2 aromatic carbocycles. The second-order valence-electron chi connectivity index (χ2n) is 9.84. The van der Waals surface area contributed by atoms with E-state index in [4.69, 9.17) is 16.3 Å². The fourth-order valence-electron chi connectivity index (χ4n) is 4.01. The Morgan fingerprint density at radius 3 is 2.21 bits per heavy atom. The molecule has 1 atom stereocenters. The Labute approximate surface area is 222 Å². The van der Waals surface area contributed by atoms with Gasteiger partial charge in [0.05, 0.1) is 11.1 Å². The summed E-state index contributed by atoms with van der Waals surface area (Å²) in [6.45, 7) is 4.90. The molecule has 3 amide bonds. The summed E-state index contributed by atoms with van der Waals surface area (Å²) in [5.74, 6) is -2.40. The third-order valence-corrected chi connectivity index (χ3v) is 5.95. The first-order valence-corrected chi connectivity index (χ1v) is 12.2. The maximum atomic E-state index is 13.7. The number of benzene rings is 2. The lowest BCUT2D eigenvalue weighted by Crippen LogP contribution is -2.56. The van der Waals surface area contributed by atoms with Gasteiger partial charge in [0.1, 0.15) is 17.5 Å². The minimum atomic E-state index is -4.84. The summed E-state index contributed by atoms with van der Waals surface area (Å²) in [7, 11) is 0. The zero-order chi connectivity index (χ0) is 28.3. The lowest BCUT2D eigenvalue weighted by molar-refractivity contribution is -0.138. The Hall–Kier alpha value is -3.34. The third kappa shape index (κ3) is 7.83. The predicted molar refractivity (Wildman–Crippen MR) is 132 cm³/mol. The van der Waals surface area contributed by atoms with E-state index in [1.165, 1.54) is 4.90 Å². The number of piperazine rings is 1. The molecule has 0 bridgehead atoms. The number of rotatable bonds is 5. The highest BCUT2D eigenvalue weighted by atomic mass is 35.5. The van der Waals surface area contributed by atoms with Crippen molar-refractivity contribution < 1.29 is 36.7 Å². The summed E-state index contributed by atoms with van der Waals surface area (Å²) in [6.07, 6.45) is -5.52. The van der Waals surface area contributed by atoms with Crippen LogP contribution >= 0.6 is 11.6 Å². The van der Waals surface area contributed by atoms with Gasteiger partial charge in [0.2, 0.25) is 5.91 Å². The van der Waals surface area contributed by atoms with Gasteiger partial charge in [-0.25, -0.2) is 9.18 Å². The van der Waals surface area contributed by atoms with Gasteiger partial charge in [0.25, 0.3) is 5.91 Å². The van der Waals surface area contributed by atoms with Crippen molar-refractivity contribution in [2.24, 2.45) is 0 Å². The van der Waals surface area contributed by atoms with Crippen LogP contribution in [-0.4, -0.2) is 65.5 Å². The standard InChI is InChI=1S/C26H28ClF4N3O4/c1-25(2,3)38-24(37)32-21(14-16-5-4-6-17(27)13-16)23(36)34-11-9-33(10-12-34)22(35)19-15-18(28)7-8-20(19)26(29,30)31/h4-8,13,15,21H,9-12,14H2,1-3H3,(H,32,37)/t21-/m1/s1. The van der Waals surface area contributed by atoms with Crippen LogP contribution < -0.4 is 5.32 Å². The molecule has 3 rings (SSSR count). The Bertz CT molecular complexity index is 1190. The number of amides is 3. The van der Waals surface area contributed by atoms with Gasteiger partial charge in [-0.3, -0.25) is 9.59 Å². The fourth-order valence-corrected chi connectivity index (χ4v) is 4.22. The number of halogens is 5. The molecule has 1 fully saturated rings. The first-order valence-electron chi connectivity index (χ1n) is 11.8. The topological polar surface area (TPSA) is 79.0 Å². The molecule has 12 heteroatoms. The smallest absolute Gasteiger partial charge is 0.417 e. The number of carbonyl (C=O) groups is 3. The van der Waals surface area contributed by atoms with Gasteiger partial charge in [-0.15, -0.1) is 0 Å². The van der Waals surface area contributed by atoms with E-state index in [1.54, 1.807) is 45.0 Å². The van der Waals surface area contributed by atoms with Crippen LogP contribution in [0.5, 0.6) is 0 Å². The van der Waals surface area contributed by atoms with E-state index < -0.39 is 52.7 Å². The average Bonchev–Trinajstić information content (AvgIpc) is 2.81. The van der Waals surface area contributed by atoms with E-state index in [0.717, 1.165) is 4.90 Å². The molecule has 1 aliphatic rings. The van der Waals surface area contributed by atoms with Crippen LogP contribution in [-0.2, 0) is 22.1 Å². The minimum absolute atomic E-state index is 0.00326. The molecule has 206 valence electrons. The summed E-state index contributed by atoms with van der Waals surface area (Å²) in [6, 6.07) is 7.50. The molecule has 2 aromatic rings. The average molecular weight is 558 g/mol. The van der Waals surface area contributed by atoms with Crippen LogP contribution in [0.25, 0.3) is 0 Å². The maximum Gasteiger partial charge on any atom is 0.417 e. The number of ether oxygens (including phenoxy) is 1. The molecule has 0 spiro atoms. The van der Waals surface area contributed by atoms with Crippen molar-refractivity contribution in [1.82, 2.24) is 15.1 Å². The van der Waals surface area contributed by atoms with Crippen LogP contribution in [0.2, 0.25) is 5.02 Å². The summed E-state index contributed by atoms with van der Waals surface area (Å²) < 4.78 is 59.1. The highest BCUT2D eigenvalue weighted by Gasteiger charge is 2.38. The van der Waals surface area contributed by atoms with E-state index >= 15 is 0 Å². The van der Waals surface area contributed by atoms with Crippen LogP contribution in [0, 0.1) is 5.82 Å². The zero-order valence-electron chi connectivity index (χ0n) is 21.1. The highest BCUT2D eigenvalue weighted by Crippen LogP contribution is 2.33. The van der Waals surface area contributed by atoms with E-state index in [9.17, 15) is 31.9 Å². The largest absolute Gasteiger partial charge is 0.444 e. The lowest BCUT2D eigenvalue weighted by atomic mass is 10.0. The first-order chi connectivity index (χ1) is 17.6. The zero-order valence-corrected chi connectivity index (χ0v) is 21.8. The highest BCUT2D eigenvalue weighted by molar-refractivity contribution is 6.30. The van der Waals surface area contributed by atoms with Crippen molar-refractivity contribution in [2.45, 2.75) is 45.0 Å². The quantitative estimate of drug-likeness (QED) is 0.530. The van der Waals surface area contributed by atoms with Crippen LogP contribution in [0.1, 0.15) is 42.3 Å². The fraction of sp³-hybridized carbons (Fsp3) is 0.423. The molecule has 1 aliphatic heterocycles. The van der Waals surface area contributed by atoms with E-state index in [-0.39, 0.29) is 32.6 Å². The van der Waals surface area contributed by atoms with E-state index in [0.29, 0.717) is 28.8 Å². The maximum absolute atomic E-state index is 13.7. The summed E-state index contributed by atoms with van der Waals surface area (Å²) in [5, 5.41) is 3.04. The molecule has 0 unspecified atom stereocenters. The monoisotopic (exact) mass is 557 g/mol. The Kier molecular flexibility index (Phi) is 8.91. The molecular weight excluding hydrogens is 530 g/mol. The minimum Gasteiger partial charge on any atom is -0.444 e. The van der Waals surface area contributed by atoms with Crippen molar-refractivity contribution in [1.29, 1.82) is 0 Å². The van der Waals surface area contributed by atoms with E-state index in [2.05, 4.69) is 5.32 Å². The van der Waals surface area contributed by atoms with Crippen molar-refractivity contribution in [3.8, 4) is 0 Å². The number of carbonyl (C=O) groups excluding carboxylic acids is 3. The molecule has 7 nitrogen and oxygen atoms in total. The van der Waals surface area contributed by atoms with Crippen LogP contribution in [0.4, 0.5) is 22.4 Å². The molecule has 1 heterocycles. The number of nitrogens with one attached hydrogen (secondary N) is 1. The van der Waals surface area contributed by atoms with Gasteiger partial charge in [0.15, 0.2) is 0 Å². The Morgan fingerprint density at radius 2 is 1.63 bits per heavy atom. The Balaban J connectivity index is 1.73. The van der Waals surface area contributed by atoms with Crippen molar-refractivity contribution in [3.63, 3.8) is 0 Å². The molecule has 0 aromatic heterocycles. The summed E-state index contributed by atoms with van der Waals surface area (Å²) >= 11 is 6.06. The van der Waals surface area contributed by atoms with Crippen LogP contribution in [0.15, 0.2) is 42.5 Å². The molecule has 0 saturated carbocycles. The Morgan fingerprint density at radius 1 is 1.00 bits per heavy atom. The lowest BCUT2D eigenvalue weighted by Gasteiger charge is -2.37. The molecule has 0 radical (unpaired) electrons. The molecule has 0 aliphatic carbocycles. The second kappa shape index (κ2) is 11.6. The normalized spacial score (nSPS) is 15.2. The second-order valence-corrected chi connectivity index (χ2v) is 10.3. The number of hydrogen-bond donors (Lipinski definition) is 1. The van der Waals surface area contributed by atoms with Crippen molar-refractivity contribution in [2.75, 3.05) is 26.2 Å². The number of nitrogens with zero attached hydrogens (tertiary/aromatic N) is 2. The van der Waals surface area contributed by atoms with Crippen molar-refractivity contribution in [3.05, 3.63) is 70.0 Å². The van der Waals surface area contributed by atoms with Gasteiger partial charge in [-0.05, 0) is 56.7 Å². The van der Waals surface area contributed by atoms with Gasteiger partial charge in [-0.2, -0.15) is 13.2 Å². The number of alkyl halides is 3. The van der Waals surface area contributed by atoms with E-state index in [1.807, 2.05) is 0 Å². The van der Waals surface area contributed by atoms with Gasteiger partial charge >= 0.3 is 12.3 Å². The first kappa shape index (κ1) is 29.2. The molecule has 1 saturated heterocycles. The van der Waals surface area contributed by atoms with Gasteiger partial charge < -0.3 is 19.9 Å². The third-order valence-electron chi connectivity index (χ3n) is 5.71.